The van der Waals surface area contributed by atoms with Crippen molar-refractivity contribution in [3.05, 3.63) is 71.3 Å². The topological polar surface area (TPSA) is 83.6 Å². The van der Waals surface area contributed by atoms with Crippen LogP contribution in [0.25, 0.3) is 0 Å². The maximum absolute atomic E-state index is 13.2. The molecule has 7 rings (SSSR count). The van der Waals surface area contributed by atoms with Gasteiger partial charge in [0, 0.05) is 44.5 Å². The number of benzene rings is 2. The van der Waals surface area contributed by atoms with E-state index < -0.39 is 0 Å². The van der Waals surface area contributed by atoms with Crippen LogP contribution < -0.4 is 9.47 Å². The van der Waals surface area contributed by atoms with Crippen molar-refractivity contribution in [2.45, 2.75) is 51.7 Å². The first-order valence-corrected chi connectivity index (χ1v) is 13.6. The zero-order valence-electron chi connectivity index (χ0n) is 21.6. The van der Waals surface area contributed by atoms with Crippen molar-refractivity contribution in [1.29, 1.82) is 5.26 Å². The molecule has 1 amide bonds. The van der Waals surface area contributed by atoms with Crippen molar-refractivity contribution in [1.82, 2.24) is 19.4 Å². The fourth-order valence-corrected chi connectivity index (χ4v) is 5.73. The zero-order chi connectivity index (χ0) is 25.9. The third-order valence-electron chi connectivity index (χ3n) is 7.92. The van der Waals surface area contributed by atoms with Crippen LogP contribution in [0.3, 0.4) is 0 Å². The maximum Gasteiger partial charge on any atom is 0.237 e. The van der Waals surface area contributed by atoms with Crippen molar-refractivity contribution in [3.8, 4) is 23.3 Å². The van der Waals surface area contributed by atoms with Gasteiger partial charge in [0.2, 0.25) is 5.91 Å². The second kappa shape index (κ2) is 10.9. The first kappa shape index (κ1) is 24.5. The van der Waals surface area contributed by atoms with Crippen LogP contribution in [0, 0.1) is 17.2 Å². The molecule has 196 valence electrons. The quantitative estimate of drug-likeness (QED) is 0.506. The van der Waals surface area contributed by atoms with Gasteiger partial charge >= 0.3 is 0 Å². The number of piperazine rings is 1. The number of hydrogen-bond acceptors (Lipinski definition) is 6. The van der Waals surface area contributed by atoms with Crippen LogP contribution in [-0.2, 0) is 24.4 Å². The van der Waals surface area contributed by atoms with E-state index in [1.807, 2.05) is 53.8 Å². The Hall–Kier alpha value is -3.83. The third kappa shape index (κ3) is 5.39. The van der Waals surface area contributed by atoms with E-state index in [9.17, 15) is 10.1 Å². The van der Waals surface area contributed by atoms with Crippen molar-refractivity contribution in [2.24, 2.45) is 5.92 Å². The molecule has 1 saturated carbocycles. The van der Waals surface area contributed by atoms with Crippen molar-refractivity contribution >= 4 is 5.91 Å². The molecule has 0 radical (unpaired) electrons. The molecule has 1 aromatic heterocycles. The molecule has 8 heteroatoms. The molecule has 0 spiro atoms. The van der Waals surface area contributed by atoms with E-state index >= 15 is 0 Å². The molecular formula is C30H33N5O3. The van der Waals surface area contributed by atoms with Crippen LogP contribution in [0.4, 0.5) is 0 Å². The van der Waals surface area contributed by atoms with Crippen LogP contribution in [0.1, 0.15) is 54.5 Å². The minimum Gasteiger partial charge on any atom is -0.493 e. The highest BCUT2D eigenvalue weighted by Gasteiger charge is 2.26. The molecule has 4 aliphatic rings. The first-order chi connectivity index (χ1) is 18.6. The Morgan fingerprint density at radius 3 is 2.76 bits per heavy atom. The van der Waals surface area contributed by atoms with Crippen LogP contribution in [0.15, 0.2) is 48.9 Å². The van der Waals surface area contributed by atoms with Gasteiger partial charge in [-0.3, -0.25) is 9.69 Å². The second-order valence-corrected chi connectivity index (χ2v) is 10.7. The molecule has 38 heavy (non-hydrogen) atoms. The Balaban J connectivity index is 1.34. The van der Waals surface area contributed by atoms with Gasteiger partial charge in [-0.2, -0.15) is 5.26 Å². The molecule has 2 fully saturated rings. The molecule has 1 unspecified atom stereocenters. The van der Waals surface area contributed by atoms with E-state index in [-0.39, 0.29) is 5.91 Å². The van der Waals surface area contributed by atoms with Gasteiger partial charge in [-0.1, -0.05) is 25.3 Å². The van der Waals surface area contributed by atoms with Crippen LogP contribution in [-0.4, -0.2) is 51.5 Å². The van der Waals surface area contributed by atoms with E-state index in [1.54, 1.807) is 0 Å². The summed E-state index contributed by atoms with van der Waals surface area (Å²) in [6, 6.07) is 13.7. The summed E-state index contributed by atoms with van der Waals surface area (Å²) in [5.74, 6) is 2.63. The summed E-state index contributed by atoms with van der Waals surface area (Å²) in [5.41, 5.74) is 3.47. The SMILES string of the molecule is N#Cc1ccc2cc1Oc1ccc(OCC3CCCCC3)c(c1)CN1CCN(CC1=O)Cc1cncn1C2. The van der Waals surface area contributed by atoms with Gasteiger partial charge in [0.15, 0.2) is 0 Å². The Morgan fingerprint density at radius 2 is 1.92 bits per heavy atom. The Labute approximate surface area is 223 Å². The summed E-state index contributed by atoms with van der Waals surface area (Å²) in [4.78, 5) is 21.7. The predicted octanol–water partition coefficient (Wildman–Crippen LogP) is 4.71. The lowest BCUT2D eigenvalue weighted by atomic mass is 9.90. The summed E-state index contributed by atoms with van der Waals surface area (Å²) >= 11 is 0. The molecule has 8 nitrogen and oxygen atoms in total. The fourth-order valence-electron chi connectivity index (χ4n) is 5.73. The van der Waals surface area contributed by atoms with E-state index in [2.05, 4.69) is 20.5 Å². The lowest BCUT2D eigenvalue weighted by molar-refractivity contribution is -0.136. The third-order valence-corrected chi connectivity index (χ3v) is 7.92. The van der Waals surface area contributed by atoms with E-state index in [4.69, 9.17) is 9.47 Å². The summed E-state index contributed by atoms with van der Waals surface area (Å²) in [6.07, 6.45) is 9.96. The van der Waals surface area contributed by atoms with Gasteiger partial charge in [0.25, 0.3) is 0 Å². The van der Waals surface area contributed by atoms with Crippen molar-refractivity contribution in [3.63, 3.8) is 0 Å². The molecule has 1 atom stereocenters. The lowest BCUT2D eigenvalue weighted by Gasteiger charge is -2.35. The average molecular weight is 512 g/mol. The standard InChI is InChI=1S/C30H33N5O3/c31-14-24-7-6-23-12-29(24)38-27-8-9-28(37-20-22-4-2-1-3-5-22)25(13-27)17-34-11-10-33(19-30(34)36)18-26-15-32-21-35(26)16-23/h6-9,12-13,15,21-22H,1-5,10-11,16-20H2. The monoisotopic (exact) mass is 511 g/mol. The van der Waals surface area contributed by atoms with Crippen LogP contribution in [0.5, 0.6) is 17.2 Å². The number of rotatable bonds is 3. The van der Waals surface area contributed by atoms with Gasteiger partial charge in [-0.05, 0) is 54.7 Å². The number of nitrogens with zero attached hydrogens (tertiary/aromatic N) is 5. The number of fused-ring (bicyclic) bond motifs is 2. The van der Waals surface area contributed by atoms with Gasteiger partial charge in [-0.25, -0.2) is 4.98 Å². The second-order valence-electron chi connectivity index (χ2n) is 10.7. The molecule has 2 aromatic carbocycles. The molecule has 6 bridgehead atoms. The zero-order valence-corrected chi connectivity index (χ0v) is 21.6. The minimum atomic E-state index is 0.107. The molecule has 4 heterocycles. The van der Waals surface area contributed by atoms with Crippen molar-refractivity contribution < 1.29 is 14.3 Å². The summed E-state index contributed by atoms with van der Waals surface area (Å²) in [6.45, 7) is 4.25. The van der Waals surface area contributed by atoms with Gasteiger partial charge in [0.1, 0.15) is 23.3 Å². The summed E-state index contributed by atoms with van der Waals surface area (Å²) < 4.78 is 14.7. The number of imidazole rings is 1. The number of nitriles is 1. The van der Waals surface area contributed by atoms with E-state index in [0.29, 0.717) is 62.3 Å². The van der Waals surface area contributed by atoms with Crippen LogP contribution in [0.2, 0.25) is 0 Å². The first-order valence-electron chi connectivity index (χ1n) is 13.6. The maximum atomic E-state index is 13.2. The lowest BCUT2D eigenvalue weighted by Crippen LogP contribution is -2.49. The minimum absolute atomic E-state index is 0.107. The number of ether oxygens (including phenoxy) is 2. The molecule has 1 saturated heterocycles. The highest BCUT2D eigenvalue weighted by molar-refractivity contribution is 5.79. The predicted molar refractivity (Wildman–Crippen MR) is 142 cm³/mol. The molecule has 1 aliphatic carbocycles. The summed E-state index contributed by atoms with van der Waals surface area (Å²) in [5, 5.41) is 9.73. The van der Waals surface area contributed by atoms with Gasteiger partial charge in [0.05, 0.1) is 30.7 Å². The average Bonchev–Trinajstić information content (AvgIpc) is 3.36. The largest absolute Gasteiger partial charge is 0.493 e. The Kier molecular flexibility index (Phi) is 7.02. The highest BCUT2D eigenvalue weighted by Crippen LogP contribution is 2.33. The van der Waals surface area contributed by atoms with Crippen molar-refractivity contribution in [2.75, 3.05) is 26.2 Å². The number of hydrogen-bond donors (Lipinski definition) is 0. The van der Waals surface area contributed by atoms with Crippen LogP contribution >= 0.6 is 0 Å². The fraction of sp³-hybridized carbons (Fsp3) is 0.433. The van der Waals surface area contributed by atoms with E-state index in [1.165, 1.54) is 32.1 Å². The van der Waals surface area contributed by atoms with Gasteiger partial charge < -0.3 is 18.9 Å². The Bertz CT molecular complexity index is 1350. The highest BCUT2D eigenvalue weighted by atomic mass is 16.5. The number of carbonyl (C=O) groups is 1. The normalized spacial score (nSPS) is 19.9. The smallest absolute Gasteiger partial charge is 0.237 e. The Morgan fingerprint density at radius 1 is 1.03 bits per heavy atom. The van der Waals surface area contributed by atoms with E-state index in [0.717, 1.165) is 29.1 Å². The molecule has 0 N–H and O–H groups in total. The number of carbonyl (C=O) groups excluding carboxylic acids is 1. The number of aromatic nitrogens is 2. The molecule has 3 aromatic rings. The molecular weight excluding hydrogens is 478 g/mol. The number of amides is 1. The van der Waals surface area contributed by atoms with Gasteiger partial charge in [-0.15, -0.1) is 0 Å². The summed E-state index contributed by atoms with van der Waals surface area (Å²) in [7, 11) is 0. The molecule has 3 aliphatic heterocycles.